The van der Waals surface area contributed by atoms with Crippen molar-refractivity contribution in [3.63, 3.8) is 0 Å². The molecule has 0 saturated carbocycles. The minimum absolute atomic E-state index is 0.329. The summed E-state index contributed by atoms with van der Waals surface area (Å²) in [7, 11) is -3.27. The summed E-state index contributed by atoms with van der Waals surface area (Å²) < 4.78 is 26.3. The lowest BCUT2D eigenvalue weighted by Gasteiger charge is -2.14. The van der Waals surface area contributed by atoms with Crippen molar-refractivity contribution >= 4 is 10.0 Å². The van der Waals surface area contributed by atoms with Crippen LogP contribution < -0.4 is 10.0 Å². The van der Waals surface area contributed by atoms with Gasteiger partial charge in [0.1, 0.15) is 12.2 Å². The maximum absolute atomic E-state index is 11.9. The molecule has 0 bridgehead atoms. The van der Waals surface area contributed by atoms with Gasteiger partial charge in [-0.2, -0.15) is 5.10 Å². The highest BCUT2D eigenvalue weighted by Crippen LogP contribution is 1.97. The van der Waals surface area contributed by atoms with Crippen molar-refractivity contribution in [2.45, 2.75) is 31.9 Å². The first-order valence-electron chi connectivity index (χ1n) is 6.09. The number of nitrogens with zero attached hydrogens (tertiary/aromatic N) is 2. The normalized spacial score (nSPS) is 13.7. The molecule has 104 valence electrons. The number of hydrogen-bond acceptors (Lipinski definition) is 5. The fourth-order valence-electron chi connectivity index (χ4n) is 1.40. The predicted octanol–water partition coefficient (Wildman–Crippen LogP) is -0.345. The van der Waals surface area contributed by atoms with E-state index in [1.165, 1.54) is 6.33 Å². The van der Waals surface area contributed by atoms with Crippen molar-refractivity contribution in [3.8, 4) is 0 Å². The van der Waals surface area contributed by atoms with Crippen LogP contribution in [-0.2, 0) is 16.4 Å². The number of nitrogens with one attached hydrogen (secondary N) is 3. The van der Waals surface area contributed by atoms with Gasteiger partial charge in [0, 0.05) is 19.5 Å². The second-order valence-corrected chi connectivity index (χ2v) is 6.32. The highest BCUT2D eigenvalue weighted by atomic mass is 32.2. The smallest absolute Gasteiger partial charge is 0.215 e. The molecule has 0 saturated heterocycles. The van der Waals surface area contributed by atoms with Gasteiger partial charge in [-0.1, -0.05) is 6.92 Å². The van der Waals surface area contributed by atoms with Crippen molar-refractivity contribution in [1.29, 1.82) is 0 Å². The zero-order valence-electron chi connectivity index (χ0n) is 10.8. The van der Waals surface area contributed by atoms with Crippen molar-refractivity contribution in [3.05, 3.63) is 12.2 Å². The van der Waals surface area contributed by atoms with Crippen LogP contribution >= 0.6 is 0 Å². The summed E-state index contributed by atoms with van der Waals surface area (Å²) in [5, 5.41) is 9.04. The number of hydrogen-bond donors (Lipinski definition) is 3. The molecule has 18 heavy (non-hydrogen) atoms. The zero-order chi connectivity index (χ0) is 13.4. The molecule has 0 radical (unpaired) electrons. The Labute approximate surface area is 108 Å². The Morgan fingerprint density at radius 1 is 1.44 bits per heavy atom. The first kappa shape index (κ1) is 15.1. The Morgan fingerprint density at radius 2 is 2.22 bits per heavy atom. The Balaban J connectivity index is 2.30. The third-order valence-corrected chi connectivity index (χ3v) is 4.35. The van der Waals surface area contributed by atoms with Gasteiger partial charge in [0.2, 0.25) is 10.0 Å². The molecule has 1 unspecified atom stereocenters. The average molecular weight is 275 g/mol. The fourth-order valence-corrected chi connectivity index (χ4v) is 2.41. The molecule has 7 nitrogen and oxygen atoms in total. The van der Waals surface area contributed by atoms with E-state index in [4.69, 9.17) is 0 Å². The number of H-pyrrole nitrogens is 1. The minimum Gasteiger partial charge on any atom is -0.315 e. The van der Waals surface area contributed by atoms with Gasteiger partial charge in [0.25, 0.3) is 0 Å². The lowest BCUT2D eigenvalue weighted by molar-refractivity contribution is 0.556. The monoisotopic (exact) mass is 275 g/mol. The molecule has 1 aromatic heterocycles. The first-order valence-corrected chi connectivity index (χ1v) is 7.64. The highest BCUT2D eigenvalue weighted by Gasteiger charge is 2.19. The quantitative estimate of drug-likeness (QED) is 0.535. The van der Waals surface area contributed by atoms with Crippen molar-refractivity contribution in [1.82, 2.24) is 25.2 Å². The number of aromatic amines is 1. The predicted molar refractivity (Wildman–Crippen MR) is 69.6 cm³/mol. The van der Waals surface area contributed by atoms with E-state index in [0.717, 1.165) is 13.0 Å². The van der Waals surface area contributed by atoms with Crippen LogP contribution in [0.2, 0.25) is 0 Å². The van der Waals surface area contributed by atoms with Gasteiger partial charge >= 0.3 is 0 Å². The third kappa shape index (κ3) is 5.11. The summed E-state index contributed by atoms with van der Waals surface area (Å²) in [6.07, 6.45) is 2.90. The Morgan fingerprint density at radius 3 is 2.83 bits per heavy atom. The van der Waals surface area contributed by atoms with Gasteiger partial charge in [0.15, 0.2) is 0 Å². The molecule has 0 amide bonds. The van der Waals surface area contributed by atoms with Crippen LogP contribution in [0.25, 0.3) is 0 Å². The molecular weight excluding hydrogens is 254 g/mol. The first-order chi connectivity index (χ1) is 8.56. The molecule has 0 aliphatic carbocycles. The maximum Gasteiger partial charge on any atom is 0.215 e. The highest BCUT2D eigenvalue weighted by molar-refractivity contribution is 7.90. The topological polar surface area (TPSA) is 99.8 Å². The molecule has 1 atom stereocenters. The van der Waals surface area contributed by atoms with E-state index in [-0.39, 0.29) is 0 Å². The molecule has 0 aromatic carbocycles. The number of aromatic nitrogens is 3. The molecule has 0 aliphatic rings. The molecule has 0 aliphatic heterocycles. The van der Waals surface area contributed by atoms with Crippen LogP contribution in [0.1, 0.15) is 26.1 Å². The van der Waals surface area contributed by atoms with Gasteiger partial charge in [0.05, 0.1) is 5.25 Å². The summed E-state index contributed by atoms with van der Waals surface area (Å²) in [5.41, 5.74) is 0. The van der Waals surface area contributed by atoms with Crippen LogP contribution in [0.5, 0.6) is 0 Å². The number of rotatable bonds is 9. The van der Waals surface area contributed by atoms with Crippen LogP contribution in [-0.4, -0.2) is 48.5 Å². The zero-order valence-corrected chi connectivity index (χ0v) is 11.6. The van der Waals surface area contributed by atoms with Gasteiger partial charge in [-0.3, -0.25) is 5.10 Å². The molecular formula is C10H21N5O2S. The average Bonchev–Trinajstić information content (AvgIpc) is 2.82. The summed E-state index contributed by atoms with van der Waals surface area (Å²) in [4.78, 5) is 3.93. The summed E-state index contributed by atoms with van der Waals surface area (Å²) in [5.74, 6) is 0.675. The van der Waals surface area contributed by atoms with E-state index in [2.05, 4.69) is 25.2 Å². The van der Waals surface area contributed by atoms with Crippen LogP contribution in [0, 0.1) is 0 Å². The molecule has 3 N–H and O–H groups in total. The summed E-state index contributed by atoms with van der Waals surface area (Å²) in [6.45, 7) is 5.36. The third-order valence-electron chi connectivity index (χ3n) is 2.52. The van der Waals surface area contributed by atoms with Crippen LogP contribution in [0.3, 0.4) is 0 Å². The second kappa shape index (κ2) is 7.45. The van der Waals surface area contributed by atoms with Gasteiger partial charge < -0.3 is 5.32 Å². The molecule has 8 heteroatoms. The van der Waals surface area contributed by atoms with Crippen LogP contribution in [0.15, 0.2) is 6.33 Å². The van der Waals surface area contributed by atoms with Crippen molar-refractivity contribution in [2.75, 3.05) is 19.6 Å². The lowest BCUT2D eigenvalue weighted by atomic mass is 10.4. The molecule has 0 fully saturated rings. The van der Waals surface area contributed by atoms with Crippen molar-refractivity contribution in [2.24, 2.45) is 0 Å². The number of sulfonamides is 1. The van der Waals surface area contributed by atoms with Crippen LogP contribution in [0.4, 0.5) is 0 Å². The second-order valence-electron chi connectivity index (χ2n) is 4.14. The van der Waals surface area contributed by atoms with Gasteiger partial charge in [-0.25, -0.2) is 18.1 Å². The molecule has 0 spiro atoms. The van der Waals surface area contributed by atoms with E-state index >= 15 is 0 Å². The van der Waals surface area contributed by atoms with Gasteiger partial charge in [-0.05, 0) is 19.9 Å². The Hall–Kier alpha value is -0.990. The van der Waals surface area contributed by atoms with Crippen molar-refractivity contribution < 1.29 is 8.42 Å². The van der Waals surface area contributed by atoms with E-state index in [1.807, 2.05) is 6.92 Å². The van der Waals surface area contributed by atoms with Gasteiger partial charge in [-0.15, -0.1) is 0 Å². The summed E-state index contributed by atoms with van der Waals surface area (Å²) in [6, 6.07) is 0. The fraction of sp³-hybridized carbons (Fsp3) is 0.800. The minimum atomic E-state index is -3.27. The van der Waals surface area contributed by atoms with E-state index in [0.29, 0.717) is 25.3 Å². The van der Waals surface area contributed by atoms with E-state index in [9.17, 15) is 8.42 Å². The molecule has 1 rings (SSSR count). The Kier molecular flexibility index (Phi) is 6.23. The maximum atomic E-state index is 11.9. The lowest BCUT2D eigenvalue weighted by Crippen LogP contribution is -2.39. The SMILES string of the molecule is CCCNCC(C)S(=O)(=O)NCCc1ncn[nH]1. The molecule has 1 aromatic rings. The largest absolute Gasteiger partial charge is 0.315 e. The van der Waals surface area contributed by atoms with E-state index < -0.39 is 15.3 Å². The standard InChI is InChI=1S/C10H21N5O2S/c1-3-5-11-7-9(2)18(16,17)14-6-4-10-12-8-13-15-10/h8-9,11,14H,3-7H2,1-2H3,(H,12,13,15). The summed E-state index contributed by atoms with van der Waals surface area (Å²) >= 11 is 0. The molecule has 1 heterocycles. The Bertz CT molecular complexity index is 417. The van der Waals surface area contributed by atoms with E-state index in [1.54, 1.807) is 6.92 Å².